The second-order valence-electron chi connectivity index (χ2n) is 7.31. The Morgan fingerprint density at radius 3 is 2.71 bits per heavy atom. The summed E-state index contributed by atoms with van der Waals surface area (Å²) in [5.41, 5.74) is 2.81. The molecule has 2 heterocycles. The Morgan fingerprint density at radius 2 is 1.87 bits per heavy atom. The van der Waals surface area contributed by atoms with E-state index >= 15 is 0 Å². The predicted molar refractivity (Wildman–Crippen MR) is 123 cm³/mol. The van der Waals surface area contributed by atoms with Crippen molar-refractivity contribution >= 4 is 34.9 Å². The van der Waals surface area contributed by atoms with Gasteiger partial charge in [-0.15, -0.1) is 0 Å². The topological polar surface area (TPSA) is 63.2 Å². The van der Waals surface area contributed by atoms with Crippen molar-refractivity contribution in [1.29, 1.82) is 0 Å². The molecule has 1 fully saturated rings. The molecule has 0 atom stereocenters. The van der Waals surface area contributed by atoms with E-state index in [1.807, 2.05) is 30.0 Å². The molecular formula is C24H24FN3O2S. The number of rotatable bonds is 7. The first kappa shape index (κ1) is 21.3. The number of halogens is 1. The van der Waals surface area contributed by atoms with Crippen LogP contribution in [0, 0.1) is 5.82 Å². The molecule has 0 saturated carbocycles. The predicted octanol–water partition coefficient (Wildman–Crippen LogP) is 5.63. The standard InChI is InChI=1S/C24H24FN3O2S/c25-18-5-2-7-20(15-18)27-23-22(8-3-11-26-23)24(29)28-19-6-1-4-17(14-19)16-31-21-9-12-30-13-10-21/h1-8,11,14-15,21H,9-10,12-13,16H2,(H,26,27)(H,28,29). The van der Waals surface area contributed by atoms with E-state index < -0.39 is 0 Å². The van der Waals surface area contributed by atoms with Crippen molar-refractivity contribution in [3.63, 3.8) is 0 Å². The van der Waals surface area contributed by atoms with Crippen molar-refractivity contribution < 1.29 is 13.9 Å². The number of hydrogen-bond donors (Lipinski definition) is 2. The van der Waals surface area contributed by atoms with Gasteiger partial charge in [0.1, 0.15) is 11.6 Å². The van der Waals surface area contributed by atoms with Crippen LogP contribution in [0.1, 0.15) is 28.8 Å². The number of nitrogens with one attached hydrogen (secondary N) is 2. The third-order valence-corrected chi connectivity index (χ3v) is 6.42. The van der Waals surface area contributed by atoms with Crippen LogP contribution in [0.3, 0.4) is 0 Å². The minimum Gasteiger partial charge on any atom is -0.381 e. The summed E-state index contributed by atoms with van der Waals surface area (Å²) >= 11 is 1.94. The average Bonchev–Trinajstić information content (AvgIpc) is 2.79. The van der Waals surface area contributed by atoms with Crippen molar-refractivity contribution in [3.8, 4) is 0 Å². The van der Waals surface area contributed by atoms with Crippen LogP contribution >= 0.6 is 11.8 Å². The van der Waals surface area contributed by atoms with Gasteiger partial charge in [0, 0.05) is 41.8 Å². The number of hydrogen-bond acceptors (Lipinski definition) is 5. The molecule has 0 spiro atoms. The molecular weight excluding hydrogens is 413 g/mol. The summed E-state index contributed by atoms with van der Waals surface area (Å²) in [4.78, 5) is 17.2. The van der Waals surface area contributed by atoms with Gasteiger partial charge in [-0.25, -0.2) is 9.37 Å². The molecule has 1 saturated heterocycles. The summed E-state index contributed by atoms with van der Waals surface area (Å²) in [7, 11) is 0. The molecule has 1 aliphatic heterocycles. The van der Waals surface area contributed by atoms with Crippen LogP contribution in [-0.2, 0) is 10.5 Å². The van der Waals surface area contributed by atoms with Crippen molar-refractivity contribution in [2.45, 2.75) is 23.8 Å². The van der Waals surface area contributed by atoms with E-state index in [2.05, 4.69) is 21.7 Å². The molecule has 5 nitrogen and oxygen atoms in total. The summed E-state index contributed by atoms with van der Waals surface area (Å²) in [6.45, 7) is 1.68. The number of ether oxygens (including phenoxy) is 1. The van der Waals surface area contributed by atoms with Gasteiger partial charge in [-0.05, 0) is 60.9 Å². The van der Waals surface area contributed by atoms with Gasteiger partial charge in [0.2, 0.25) is 0 Å². The van der Waals surface area contributed by atoms with Crippen LogP contribution in [-0.4, -0.2) is 29.4 Å². The second kappa shape index (κ2) is 10.4. The van der Waals surface area contributed by atoms with E-state index in [1.54, 1.807) is 30.5 Å². The molecule has 0 aliphatic carbocycles. The van der Waals surface area contributed by atoms with Crippen LogP contribution in [0.2, 0.25) is 0 Å². The SMILES string of the molecule is O=C(Nc1cccc(CSC2CCOCC2)c1)c1cccnc1Nc1cccc(F)c1. The first-order chi connectivity index (χ1) is 15.2. The van der Waals surface area contributed by atoms with Gasteiger partial charge >= 0.3 is 0 Å². The van der Waals surface area contributed by atoms with Gasteiger partial charge in [-0.3, -0.25) is 4.79 Å². The zero-order chi connectivity index (χ0) is 21.5. The lowest BCUT2D eigenvalue weighted by Gasteiger charge is -2.21. The molecule has 4 rings (SSSR count). The zero-order valence-corrected chi connectivity index (χ0v) is 17.8. The van der Waals surface area contributed by atoms with Crippen LogP contribution in [0.4, 0.5) is 21.6 Å². The molecule has 3 aromatic rings. The highest BCUT2D eigenvalue weighted by molar-refractivity contribution is 7.99. The minimum atomic E-state index is -0.359. The van der Waals surface area contributed by atoms with E-state index in [1.165, 1.54) is 17.7 Å². The maximum Gasteiger partial charge on any atom is 0.259 e. The number of aromatic nitrogens is 1. The monoisotopic (exact) mass is 437 g/mol. The number of benzene rings is 2. The highest BCUT2D eigenvalue weighted by atomic mass is 32.2. The number of carbonyl (C=O) groups is 1. The summed E-state index contributed by atoms with van der Waals surface area (Å²) in [5, 5.41) is 6.60. The lowest BCUT2D eigenvalue weighted by Crippen LogP contribution is -2.17. The number of carbonyl (C=O) groups excluding carboxylic acids is 1. The summed E-state index contributed by atoms with van der Waals surface area (Å²) in [6.07, 6.45) is 3.76. The van der Waals surface area contributed by atoms with Crippen LogP contribution in [0.25, 0.3) is 0 Å². The maximum atomic E-state index is 13.5. The zero-order valence-electron chi connectivity index (χ0n) is 17.0. The van der Waals surface area contributed by atoms with Gasteiger partial charge in [0.25, 0.3) is 5.91 Å². The first-order valence-corrected chi connectivity index (χ1v) is 11.3. The molecule has 2 aromatic carbocycles. The Balaban J connectivity index is 1.42. The van der Waals surface area contributed by atoms with Crippen molar-refractivity contribution in [3.05, 3.63) is 83.8 Å². The van der Waals surface area contributed by atoms with Gasteiger partial charge in [-0.2, -0.15) is 11.8 Å². The van der Waals surface area contributed by atoms with Gasteiger partial charge < -0.3 is 15.4 Å². The Morgan fingerprint density at radius 1 is 1.06 bits per heavy atom. The van der Waals surface area contributed by atoms with Gasteiger partial charge in [0.05, 0.1) is 5.56 Å². The Labute approximate surface area is 185 Å². The average molecular weight is 438 g/mol. The maximum absolute atomic E-state index is 13.5. The highest BCUT2D eigenvalue weighted by Crippen LogP contribution is 2.27. The van der Waals surface area contributed by atoms with Crippen LogP contribution in [0.5, 0.6) is 0 Å². The van der Waals surface area contributed by atoms with Crippen molar-refractivity contribution in [2.75, 3.05) is 23.8 Å². The Kier molecular flexibility index (Phi) is 7.17. The molecule has 1 amide bonds. The molecule has 0 bridgehead atoms. The molecule has 31 heavy (non-hydrogen) atoms. The summed E-state index contributed by atoms with van der Waals surface area (Å²) in [6, 6.07) is 17.3. The molecule has 0 radical (unpaired) electrons. The Hall–Kier alpha value is -2.90. The number of anilines is 3. The van der Waals surface area contributed by atoms with E-state index in [0.717, 1.165) is 37.5 Å². The first-order valence-electron chi connectivity index (χ1n) is 10.2. The third kappa shape index (κ3) is 6.06. The second-order valence-corrected chi connectivity index (χ2v) is 8.60. The number of pyridine rings is 1. The van der Waals surface area contributed by atoms with E-state index in [0.29, 0.717) is 22.3 Å². The molecule has 1 aliphatic rings. The molecule has 7 heteroatoms. The molecule has 2 N–H and O–H groups in total. The third-order valence-electron chi connectivity index (χ3n) is 4.98. The Bertz CT molecular complexity index is 1040. The lowest BCUT2D eigenvalue weighted by atomic mass is 10.2. The van der Waals surface area contributed by atoms with Gasteiger partial charge in [-0.1, -0.05) is 18.2 Å². The minimum absolute atomic E-state index is 0.277. The number of thioether (sulfide) groups is 1. The smallest absolute Gasteiger partial charge is 0.259 e. The summed E-state index contributed by atoms with van der Waals surface area (Å²) in [5.74, 6) is 0.633. The molecule has 0 unspecified atom stereocenters. The van der Waals surface area contributed by atoms with Gasteiger partial charge in [0.15, 0.2) is 0 Å². The normalized spacial score (nSPS) is 14.2. The van der Waals surface area contributed by atoms with Crippen LogP contribution < -0.4 is 10.6 Å². The fourth-order valence-electron chi connectivity index (χ4n) is 3.39. The van der Waals surface area contributed by atoms with E-state index in [9.17, 15) is 9.18 Å². The number of amides is 1. The quantitative estimate of drug-likeness (QED) is 0.502. The highest BCUT2D eigenvalue weighted by Gasteiger charge is 2.15. The molecule has 160 valence electrons. The fourth-order valence-corrected chi connectivity index (χ4v) is 4.52. The van der Waals surface area contributed by atoms with Crippen LogP contribution in [0.15, 0.2) is 66.9 Å². The van der Waals surface area contributed by atoms with E-state index in [4.69, 9.17) is 4.74 Å². The fraction of sp³-hybridized carbons (Fsp3) is 0.250. The number of nitrogens with zero attached hydrogens (tertiary/aromatic N) is 1. The van der Waals surface area contributed by atoms with Crippen molar-refractivity contribution in [1.82, 2.24) is 4.98 Å². The van der Waals surface area contributed by atoms with E-state index in [-0.39, 0.29) is 11.7 Å². The largest absolute Gasteiger partial charge is 0.381 e. The lowest BCUT2D eigenvalue weighted by molar-refractivity contribution is 0.1000. The summed E-state index contributed by atoms with van der Waals surface area (Å²) < 4.78 is 18.9. The van der Waals surface area contributed by atoms with Crippen molar-refractivity contribution in [2.24, 2.45) is 0 Å². The molecule has 1 aromatic heterocycles.